The summed E-state index contributed by atoms with van der Waals surface area (Å²) in [4.78, 5) is 26.2. The van der Waals surface area contributed by atoms with Crippen LogP contribution in [0.3, 0.4) is 0 Å². The zero-order valence-electron chi connectivity index (χ0n) is 13.3. The Labute approximate surface area is 155 Å². The summed E-state index contributed by atoms with van der Waals surface area (Å²) in [5.41, 5.74) is 0.377. The lowest BCUT2D eigenvalue weighted by Crippen LogP contribution is -2.27. The van der Waals surface area contributed by atoms with Crippen molar-refractivity contribution in [3.05, 3.63) is 85.3 Å². The number of pyridine rings is 2. The van der Waals surface area contributed by atoms with Crippen molar-refractivity contribution < 1.29 is 0 Å². The number of halogens is 1. The van der Waals surface area contributed by atoms with E-state index in [0.29, 0.717) is 27.2 Å². The number of nitrogens with zero attached hydrogens (tertiary/aromatic N) is 2. The summed E-state index contributed by atoms with van der Waals surface area (Å²) in [6, 6.07) is 18.1. The van der Waals surface area contributed by atoms with Crippen LogP contribution in [0.4, 0.5) is 0 Å². The Balaban J connectivity index is 2.27. The summed E-state index contributed by atoms with van der Waals surface area (Å²) >= 11 is 3.54. The Morgan fingerprint density at radius 2 is 1.38 bits per heavy atom. The van der Waals surface area contributed by atoms with Gasteiger partial charge in [0.2, 0.25) is 0 Å². The van der Waals surface area contributed by atoms with Gasteiger partial charge in [-0.25, -0.2) is 4.40 Å². The Morgan fingerprint density at radius 1 is 0.769 bits per heavy atom. The standard InChI is InChI=1S/C21H9BrN2O2/c22-12-8-17-13-3-1-2-4-14(13)20(25)24-19(17)18(9-12)16-7-11(10-23)5-6-15(16)21(24)26/h1-9H. The molecule has 0 unspecified atom stereocenters. The van der Waals surface area contributed by atoms with E-state index in [4.69, 9.17) is 0 Å². The zero-order chi connectivity index (χ0) is 18.0. The van der Waals surface area contributed by atoms with Gasteiger partial charge in [-0.3, -0.25) is 9.59 Å². The van der Waals surface area contributed by atoms with E-state index in [1.165, 1.54) is 4.40 Å². The summed E-state index contributed by atoms with van der Waals surface area (Å²) in [6.45, 7) is 0. The molecule has 0 fully saturated rings. The molecule has 26 heavy (non-hydrogen) atoms. The van der Waals surface area contributed by atoms with Crippen LogP contribution >= 0.6 is 15.9 Å². The van der Waals surface area contributed by atoms with Crippen molar-refractivity contribution in [2.75, 3.05) is 0 Å². The maximum atomic E-state index is 13.1. The largest absolute Gasteiger partial charge is 0.268 e. The maximum Gasteiger partial charge on any atom is 0.266 e. The molecule has 2 heterocycles. The van der Waals surface area contributed by atoms with Crippen molar-refractivity contribution >= 4 is 53.8 Å². The highest BCUT2D eigenvalue weighted by Crippen LogP contribution is 2.33. The van der Waals surface area contributed by atoms with Crippen LogP contribution in [-0.2, 0) is 0 Å². The number of nitriles is 1. The molecule has 0 amide bonds. The normalized spacial score (nSPS) is 11.5. The van der Waals surface area contributed by atoms with Crippen molar-refractivity contribution in [2.45, 2.75) is 0 Å². The van der Waals surface area contributed by atoms with Gasteiger partial charge >= 0.3 is 0 Å². The van der Waals surface area contributed by atoms with Crippen molar-refractivity contribution in [1.82, 2.24) is 4.40 Å². The van der Waals surface area contributed by atoms with Gasteiger partial charge in [0.1, 0.15) is 0 Å². The molecule has 0 spiro atoms. The van der Waals surface area contributed by atoms with Crippen molar-refractivity contribution in [1.29, 1.82) is 5.26 Å². The minimum absolute atomic E-state index is 0.323. The topological polar surface area (TPSA) is 62.3 Å². The molecule has 0 aliphatic heterocycles. The van der Waals surface area contributed by atoms with Crippen LogP contribution in [0.25, 0.3) is 37.8 Å². The minimum Gasteiger partial charge on any atom is -0.268 e. The molecule has 0 saturated carbocycles. The Morgan fingerprint density at radius 3 is 2.08 bits per heavy atom. The molecule has 4 nitrogen and oxygen atoms in total. The SMILES string of the molecule is N#Cc1ccc2c(=O)n3c(=O)c4ccccc4c4cc(Br)cc(c2c1)c43. The van der Waals surface area contributed by atoms with Gasteiger partial charge in [-0.15, -0.1) is 0 Å². The molecule has 0 aliphatic carbocycles. The number of aromatic nitrogens is 1. The van der Waals surface area contributed by atoms with Gasteiger partial charge in [-0.1, -0.05) is 34.1 Å². The first-order valence-electron chi connectivity index (χ1n) is 7.96. The summed E-state index contributed by atoms with van der Waals surface area (Å²) in [5.74, 6) is 0. The second-order valence-corrected chi connectivity index (χ2v) is 7.13. The molecule has 0 radical (unpaired) electrons. The Hall–Kier alpha value is -3.23. The molecule has 5 rings (SSSR count). The van der Waals surface area contributed by atoms with E-state index >= 15 is 0 Å². The van der Waals surface area contributed by atoms with Crippen LogP contribution in [0.1, 0.15) is 5.56 Å². The van der Waals surface area contributed by atoms with Crippen LogP contribution < -0.4 is 11.1 Å². The van der Waals surface area contributed by atoms with Crippen LogP contribution in [-0.4, -0.2) is 4.40 Å². The van der Waals surface area contributed by atoms with E-state index < -0.39 is 0 Å². The van der Waals surface area contributed by atoms with Crippen molar-refractivity contribution in [3.8, 4) is 6.07 Å². The molecule has 2 aromatic heterocycles. The Bertz CT molecular complexity index is 1540. The number of benzene rings is 3. The number of hydrogen-bond donors (Lipinski definition) is 0. The molecular weight excluding hydrogens is 392 g/mol. The van der Waals surface area contributed by atoms with Gasteiger partial charge in [0, 0.05) is 26.0 Å². The highest BCUT2D eigenvalue weighted by atomic mass is 79.9. The molecule has 0 N–H and O–H groups in total. The molecule has 0 saturated heterocycles. The summed E-state index contributed by atoms with van der Waals surface area (Å²) in [5, 5.41) is 13.2. The number of fused-ring (bicyclic) bond motifs is 4. The summed E-state index contributed by atoms with van der Waals surface area (Å²) < 4.78 is 2.10. The van der Waals surface area contributed by atoms with Crippen molar-refractivity contribution in [2.24, 2.45) is 0 Å². The number of rotatable bonds is 0. The van der Waals surface area contributed by atoms with E-state index in [2.05, 4.69) is 22.0 Å². The highest BCUT2D eigenvalue weighted by molar-refractivity contribution is 9.10. The number of hydrogen-bond acceptors (Lipinski definition) is 3. The fourth-order valence-electron chi connectivity index (χ4n) is 3.71. The minimum atomic E-state index is -0.361. The monoisotopic (exact) mass is 400 g/mol. The lowest BCUT2D eigenvalue weighted by Gasteiger charge is -2.13. The predicted octanol–water partition coefficient (Wildman–Crippen LogP) is 4.19. The first kappa shape index (κ1) is 15.1. The van der Waals surface area contributed by atoms with E-state index in [-0.39, 0.29) is 11.1 Å². The maximum absolute atomic E-state index is 13.1. The van der Waals surface area contributed by atoms with Gasteiger partial charge in [-0.2, -0.15) is 5.26 Å². The highest BCUT2D eigenvalue weighted by Gasteiger charge is 2.17. The molecule has 0 atom stereocenters. The molecule has 0 aliphatic rings. The van der Waals surface area contributed by atoms with Gasteiger partial charge in [0.05, 0.1) is 17.1 Å². The van der Waals surface area contributed by atoms with Gasteiger partial charge in [0.25, 0.3) is 11.1 Å². The first-order valence-corrected chi connectivity index (χ1v) is 8.75. The third kappa shape index (κ3) is 1.82. The summed E-state index contributed by atoms with van der Waals surface area (Å²) in [7, 11) is 0. The second kappa shape index (κ2) is 5.13. The van der Waals surface area contributed by atoms with Gasteiger partial charge in [0.15, 0.2) is 0 Å². The predicted molar refractivity (Wildman–Crippen MR) is 106 cm³/mol. The van der Waals surface area contributed by atoms with Crippen molar-refractivity contribution in [3.63, 3.8) is 0 Å². The van der Waals surface area contributed by atoms with Crippen LogP contribution in [0.5, 0.6) is 0 Å². The molecule has 0 bridgehead atoms. The van der Waals surface area contributed by atoms with Crippen LogP contribution in [0.2, 0.25) is 0 Å². The second-order valence-electron chi connectivity index (χ2n) is 6.21. The smallest absolute Gasteiger partial charge is 0.266 e. The molecular formula is C21H9BrN2O2. The fourth-order valence-corrected chi connectivity index (χ4v) is 4.17. The Kier molecular flexibility index (Phi) is 2.97. The lowest BCUT2D eigenvalue weighted by atomic mass is 9.99. The molecule has 3 aromatic carbocycles. The van der Waals surface area contributed by atoms with Crippen LogP contribution in [0, 0.1) is 11.3 Å². The van der Waals surface area contributed by atoms with E-state index in [1.807, 2.05) is 24.3 Å². The van der Waals surface area contributed by atoms with Gasteiger partial charge in [-0.05, 0) is 47.2 Å². The average molecular weight is 401 g/mol. The van der Waals surface area contributed by atoms with E-state index in [0.717, 1.165) is 20.6 Å². The van der Waals surface area contributed by atoms with E-state index in [1.54, 1.807) is 30.3 Å². The summed E-state index contributed by atoms with van der Waals surface area (Å²) in [6.07, 6.45) is 0. The first-order chi connectivity index (χ1) is 12.6. The molecule has 5 heteroatoms. The average Bonchev–Trinajstić information content (AvgIpc) is 2.67. The molecule has 5 aromatic rings. The molecule has 122 valence electrons. The lowest BCUT2D eigenvalue weighted by molar-refractivity contribution is 1.09. The third-order valence-corrected chi connectivity index (χ3v) is 5.28. The van der Waals surface area contributed by atoms with Crippen LogP contribution in [0.15, 0.2) is 68.7 Å². The zero-order valence-corrected chi connectivity index (χ0v) is 14.9. The quantitative estimate of drug-likeness (QED) is 0.289. The third-order valence-electron chi connectivity index (χ3n) is 4.82. The van der Waals surface area contributed by atoms with Gasteiger partial charge < -0.3 is 0 Å². The fraction of sp³-hybridized carbons (Fsp3) is 0. The van der Waals surface area contributed by atoms with E-state index in [9.17, 15) is 14.9 Å².